The molecule has 0 radical (unpaired) electrons. The van der Waals surface area contributed by atoms with Crippen LogP contribution in [-0.4, -0.2) is 27.0 Å². The second-order valence-electron chi connectivity index (χ2n) is 6.07. The minimum absolute atomic E-state index is 0.0963. The van der Waals surface area contributed by atoms with Crippen LogP contribution in [0.15, 0.2) is 30.9 Å². The fourth-order valence-electron chi connectivity index (χ4n) is 3.46. The molecule has 2 aromatic rings. The van der Waals surface area contributed by atoms with E-state index in [1.807, 2.05) is 6.07 Å². The van der Waals surface area contributed by atoms with Gasteiger partial charge in [-0.1, -0.05) is 42.1 Å². The van der Waals surface area contributed by atoms with E-state index < -0.39 is 5.79 Å². The van der Waals surface area contributed by atoms with Crippen LogP contribution in [0.3, 0.4) is 0 Å². The number of fused-ring (bicyclic) bond motifs is 1. The van der Waals surface area contributed by atoms with Crippen LogP contribution in [-0.2, 0) is 21.8 Å². The van der Waals surface area contributed by atoms with E-state index in [0.29, 0.717) is 16.6 Å². The van der Waals surface area contributed by atoms with Crippen LogP contribution in [0.2, 0.25) is 10.0 Å². The van der Waals surface area contributed by atoms with Gasteiger partial charge in [0.25, 0.3) is 0 Å². The second-order valence-corrected chi connectivity index (χ2v) is 6.91. The Hall–Kier alpha value is -1.14. The Balaban J connectivity index is 1.74. The van der Waals surface area contributed by atoms with Crippen molar-refractivity contribution in [3.8, 4) is 0 Å². The van der Waals surface area contributed by atoms with Crippen molar-refractivity contribution in [2.24, 2.45) is 0 Å². The molecule has 7 heteroatoms. The highest BCUT2D eigenvalue weighted by Gasteiger charge is 2.50. The minimum atomic E-state index is -0.949. The summed E-state index contributed by atoms with van der Waals surface area (Å²) in [5.41, 5.74) is 0.786. The van der Waals surface area contributed by atoms with Gasteiger partial charge in [0.05, 0.1) is 17.2 Å². The fourth-order valence-corrected chi connectivity index (χ4v) is 4.01. The van der Waals surface area contributed by atoms with Crippen LogP contribution >= 0.6 is 23.2 Å². The highest BCUT2D eigenvalue weighted by atomic mass is 35.5. The number of benzene rings is 1. The molecule has 1 aromatic carbocycles. The molecule has 5 nitrogen and oxygen atoms in total. The van der Waals surface area contributed by atoms with Crippen LogP contribution in [0.4, 0.5) is 0 Å². The minimum Gasteiger partial charge on any atom is -0.338 e. The summed E-state index contributed by atoms with van der Waals surface area (Å²) >= 11 is 12.5. The van der Waals surface area contributed by atoms with E-state index in [2.05, 4.69) is 10.1 Å². The van der Waals surface area contributed by atoms with Crippen LogP contribution in [0.5, 0.6) is 0 Å². The fraction of sp³-hybridized carbons (Fsp3) is 0.500. The maximum atomic E-state index is 6.45. The van der Waals surface area contributed by atoms with Gasteiger partial charge < -0.3 is 9.47 Å². The summed E-state index contributed by atoms with van der Waals surface area (Å²) < 4.78 is 14.5. The monoisotopic (exact) mass is 353 g/mol. The quantitative estimate of drug-likeness (QED) is 0.841. The first-order valence-electron chi connectivity index (χ1n) is 7.80. The normalized spacial score (nSPS) is 30.3. The van der Waals surface area contributed by atoms with Crippen LogP contribution in [0, 0.1) is 0 Å². The molecule has 4 rings (SSSR count). The third kappa shape index (κ3) is 2.87. The zero-order chi connectivity index (χ0) is 15.9. The van der Waals surface area contributed by atoms with E-state index >= 15 is 0 Å². The molecule has 0 N–H and O–H groups in total. The Morgan fingerprint density at radius 3 is 2.52 bits per heavy atom. The molecule has 1 aliphatic carbocycles. The highest BCUT2D eigenvalue weighted by molar-refractivity contribution is 6.35. The number of ether oxygens (including phenoxy) is 2. The van der Waals surface area contributed by atoms with Crippen molar-refractivity contribution in [2.75, 3.05) is 0 Å². The predicted molar refractivity (Wildman–Crippen MR) is 86.4 cm³/mol. The van der Waals surface area contributed by atoms with Gasteiger partial charge in [-0.05, 0) is 25.0 Å². The summed E-state index contributed by atoms with van der Waals surface area (Å²) in [6.07, 6.45) is 7.69. The number of halogens is 2. The van der Waals surface area contributed by atoms with Crippen molar-refractivity contribution in [3.05, 3.63) is 46.5 Å². The van der Waals surface area contributed by atoms with Gasteiger partial charge in [-0.3, -0.25) is 0 Å². The first-order chi connectivity index (χ1) is 11.2. The largest absolute Gasteiger partial charge is 0.338 e. The highest BCUT2D eigenvalue weighted by Crippen LogP contribution is 2.46. The van der Waals surface area contributed by atoms with Gasteiger partial charge in [-0.25, -0.2) is 9.67 Å². The summed E-state index contributed by atoms with van der Waals surface area (Å²) in [4.78, 5) is 4.00. The van der Waals surface area contributed by atoms with Crippen molar-refractivity contribution < 1.29 is 9.47 Å². The number of rotatable bonds is 3. The van der Waals surface area contributed by atoms with Crippen molar-refractivity contribution in [2.45, 2.75) is 50.2 Å². The number of aromatic nitrogens is 3. The van der Waals surface area contributed by atoms with Crippen molar-refractivity contribution in [1.29, 1.82) is 0 Å². The maximum Gasteiger partial charge on any atom is 0.217 e. The number of hydrogen-bond acceptors (Lipinski definition) is 4. The molecule has 2 fully saturated rings. The van der Waals surface area contributed by atoms with Gasteiger partial charge in [0.2, 0.25) is 5.79 Å². The number of nitrogens with zero attached hydrogens (tertiary/aromatic N) is 3. The lowest BCUT2D eigenvalue weighted by molar-refractivity contribution is -0.195. The van der Waals surface area contributed by atoms with Crippen LogP contribution < -0.4 is 0 Å². The van der Waals surface area contributed by atoms with Gasteiger partial charge >= 0.3 is 0 Å². The van der Waals surface area contributed by atoms with Gasteiger partial charge in [-0.2, -0.15) is 5.10 Å². The van der Waals surface area contributed by atoms with E-state index in [9.17, 15) is 0 Å². The topological polar surface area (TPSA) is 49.2 Å². The first kappa shape index (κ1) is 15.4. The van der Waals surface area contributed by atoms with Gasteiger partial charge in [0, 0.05) is 10.6 Å². The SMILES string of the molecule is Clc1ccc(C2(Cn3cncn3)OC3CCCCC3O2)c(Cl)c1. The van der Waals surface area contributed by atoms with E-state index in [1.54, 1.807) is 23.1 Å². The second kappa shape index (κ2) is 6.06. The molecule has 0 bridgehead atoms. The molecule has 2 unspecified atom stereocenters. The van der Waals surface area contributed by atoms with Crippen LogP contribution in [0.25, 0.3) is 0 Å². The lowest BCUT2D eigenvalue weighted by Gasteiger charge is -2.29. The Bertz CT molecular complexity index is 679. The summed E-state index contributed by atoms with van der Waals surface area (Å²) in [6, 6.07) is 5.40. The molecule has 2 atom stereocenters. The summed E-state index contributed by atoms with van der Waals surface area (Å²) in [5.74, 6) is -0.949. The average molecular weight is 354 g/mol. The molecular formula is C16H17Cl2N3O2. The van der Waals surface area contributed by atoms with Gasteiger partial charge in [-0.15, -0.1) is 0 Å². The van der Waals surface area contributed by atoms with Crippen molar-refractivity contribution >= 4 is 23.2 Å². The third-order valence-electron chi connectivity index (χ3n) is 4.50. The Kier molecular flexibility index (Phi) is 4.05. The molecule has 0 amide bonds. The zero-order valence-corrected chi connectivity index (χ0v) is 14.0. The van der Waals surface area contributed by atoms with Gasteiger partial charge in [0.15, 0.2) is 0 Å². The molecule has 1 aromatic heterocycles. The molecule has 23 heavy (non-hydrogen) atoms. The Morgan fingerprint density at radius 1 is 1.17 bits per heavy atom. The first-order valence-corrected chi connectivity index (χ1v) is 8.55. The molecule has 1 saturated carbocycles. The Labute approximate surface area is 144 Å². The standard InChI is InChI=1S/C16H17Cl2N3O2/c17-11-5-6-12(13(18)7-11)16(8-21-10-19-9-20-21)22-14-3-1-2-4-15(14)23-16/h5-7,9-10,14-15H,1-4,8H2. The molecule has 2 heterocycles. The van der Waals surface area contributed by atoms with E-state index in [1.165, 1.54) is 6.33 Å². The van der Waals surface area contributed by atoms with E-state index in [-0.39, 0.29) is 12.2 Å². The van der Waals surface area contributed by atoms with E-state index in [4.69, 9.17) is 32.7 Å². The lowest BCUT2D eigenvalue weighted by atomic mass is 9.95. The lowest BCUT2D eigenvalue weighted by Crippen LogP contribution is -2.34. The van der Waals surface area contributed by atoms with Gasteiger partial charge in [0.1, 0.15) is 19.2 Å². The average Bonchev–Trinajstić information content (AvgIpc) is 3.14. The molecule has 122 valence electrons. The molecule has 1 aliphatic heterocycles. The van der Waals surface area contributed by atoms with Crippen LogP contribution in [0.1, 0.15) is 31.2 Å². The number of hydrogen-bond donors (Lipinski definition) is 0. The van der Waals surface area contributed by atoms with E-state index in [0.717, 1.165) is 31.2 Å². The molecule has 1 saturated heterocycles. The molecule has 2 aliphatic rings. The van der Waals surface area contributed by atoms with Crippen molar-refractivity contribution in [1.82, 2.24) is 14.8 Å². The summed E-state index contributed by atoms with van der Waals surface area (Å²) in [7, 11) is 0. The molecular weight excluding hydrogens is 337 g/mol. The predicted octanol–water partition coefficient (Wildman–Crippen LogP) is 3.80. The maximum absolute atomic E-state index is 6.45. The summed E-state index contributed by atoms with van der Waals surface area (Å²) in [5, 5.41) is 5.32. The zero-order valence-electron chi connectivity index (χ0n) is 12.5. The van der Waals surface area contributed by atoms with Crippen molar-refractivity contribution in [3.63, 3.8) is 0 Å². The third-order valence-corrected chi connectivity index (χ3v) is 5.05. The Morgan fingerprint density at radius 2 is 1.91 bits per heavy atom. The smallest absolute Gasteiger partial charge is 0.217 e. The molecule has 0 spiro atoms. The summed E-state index contributed by atoms with van der Waals surface area (Å²) in [6.45, 7) is 0.404.